The number of aryl methyl sites for hydroxylation is 1. The number of nitrogens with zero attached hydrogens (tertiary/aromatic N) is 3. The molecule has 1 aromatic rings. The van der Waals surface area contributed by atoms with Gasteiger partial charge in [0, 0.05) is 25.1 Å². The number of rotatable bonds is 2. The van der Waals surface area contributed by atoms with Crippen molar-refractivity contribution in [2.75, 3.05) is 18.0 Å². The predicted octanol–water partition coefficient (Wildman–Crippen LogP) is 4.65. The van der Waals surface area contributed by atoms with Gasteiger partial charge in [-0.3, -0.25) is 0 Å². The molecule has 118 valence electrons. The van der Waals surface area contributed by atoms with Crippen LogP contribution in [0.4, 0.5) is 5.82 Å². The first-order chi connectivity index (χ1) is 9.82. The lowest BCUT2D eigenvalue weighted by Crippen LogP contribution is -2.28. The van der Waals surface area contributed by atoms with Crippen LogP contribution in [0.25, 0.3) is 0 Å². The molecule has 0 bridgehead atoms. The molecule has 0 aromatic carbocycles. The number of hydrogen-bond acceptors (Lipinski definition) is 3. The van der Waals surface area contributed by atoms with E-state index in [1.807, 2.05) is 6.92 Å². The first-order valence-electron chi connectivity index (χ1n) is 8.11. The summed E-state index contributed by atoms with van der Waals surface area (Å²) in [6, 6.07) is 0. The Morgan fingerprint density at radius 3 is 2.52 bits per heavy atom. The van der Waals surface area contributed by atoms with Crippen molar-refractivity contribution in [2.24, 2.45) is 11.3 Å². The largest absolute Gasteiger partial charge is 0.356 e. The molecule has 4 heteroatoms. The molecule has 0 radical (unpaired) electrons. The molecule has 1 saturated heterocycles. The SMILES string of the molecule is CCc1nc(Cl)c(C)c(N2CCCC(C(C)(C)C)CC2)n1. The van der Waals surface area contributed by atoms with Gasteiger partial charge in [0.15, 0.2) is 0 Å². The van der Waals surface area contributed by atoms with E-state index in [1.165, 1.54) is 19.3 Å². The Hall–Kier alpha value is -0.830. The van der Waals surface area contributed by atoms with Crippen LogP contribution < -0.4 is 4.90 Å². The van der Waals surface area contributed by atoms with E-state index in [0.717, 1.165) is 42.6 Å². The van der Waals surface area contributed by atoms with Gasteiger partial charge in [0.05, 0.1) is 0 Å². The molecule has 0 N–H and O–H groups in total. The second-order valence-corrected chi connectivity index (χ2v) is 7.57. The molecule has 1 aliphatic rings. The number of anilines is 1. The van der Waals surface area contributed by atoms with Gasteiger partial charge < -0.3 is 4.90 Å². The third-order valence-corrected chi connectivity index (χ3v) is 5.04. The molecular formula is C17H28ClN3. The molecule has 2 heterocycles. The predicted molar refractivity (Wildman–Crippen MR) is 90.2 cm³/mol. The van der Waals surface area contributed by atoms with Gasteiger partial charge in [-0.05, 0) is 37.5 Å². The Kier molecular flexibility index (Phi) is 5.13. The van der Waals surface area contributed by atoms with E-state index in [9.17, 15) is 0 Å². The fourth-order valence-corrected chi connectivity index (χ4v) is 3.34. The zero-order valence-corrected chi connectivity index (χ0v) is 14.8. The van der Waals surface area contributed by atoms with Gasteiger partial charge in [-0.15, -0.1) is 0 Å². The van der Waals surface area contributed by atoms with Crippen LogP contribution in [0.2, 0.25) is 5.15 Å². The van der Waals surface area contributed by atoms with Crippen molar-refractivity contribution in [3.8, 4) is 0 Å². The van der Waals surface area contributed by atoms with E-state index in [1.54, 1.807) is 0 Å². The summed E-state index contributed by atoms with van der Waals surface area (Å²) in [6.07, 6.45) is 4.58. The van der Waals surface area contributed by atoms with E-state index < -0.39 is 0 Å². The molecule has 2 rings (SSSR count). The number of aromatic nitrogens is 2. The highest BCUT2D eigenvalue weighted by atomic mass is 35.5. The van der Waals surface area contributed by atoms with Crippen molar-refractivity contribution in [2.45, 2.75) is 60.3 Å². The zero-order valence-electron chi connectivity index (χ0n) is 14.0. The molecule has 0 saturated carbocycles. The highest BCUT2D eigenvalue weighted by Gasteiger charge is 2.28. The van der Waals surface area contributed by atoms with Gasteiger partial charge in [0.2, 0.25) is 0 Å². The molecule has 1 unspecified atom stereocenters. The van der Waals surface area contributed by atoms with Crippen LogP contribution in [0, 0.1) is 18.3 Å². The zero-order chi connectivity index (χ0) is 15.6. The lowest BCUT2D eigenvalue weighted by Gasteiger charge is -2.30. The van der Waals surface area contributed by atoms with Gasteiger partial charge in [0.25, 0.3) is 0 Å². The van der Waals surface area contributed by atoms with Gasteiger partial charge >= 0.3 is 0 Å². The maximum atomic E-state index is 6.28. The summed E-state index contributed by atoms with van der Waals surface area (Å²) in [5.41, 5.74) is 1.41. The third kappa shape index (κ3) is 3.88. The van der Waals surface area contributed by atoms with Crippen molar-refractivity contribution in [1.82, 2.24) is 9.97 Å². The third-order valence-electron chi connectivity index (χ3n) is 4.68. The number of hydrogen-bond donors (Lipinski definition) is 0. The van der Waals surface area contributed by atoms with E-state index >= 15 is 0 Å². The maximum absolute atomic E-state index is 6.28. The van der Waals surface area contributed by atoms with Crippen LogP contribution in [0.5, 0.6) is 0 Å². The molecule has 0 amide bonds. The monoisotopic (exact) mass is 309 g/mol. The molecule has 0 spiro atoms. The first kappa shape index (κ1) is 16.5. The fourth-order valence-electron chi connectivity index (χ4n) is 3.16. The van der Waals surface area contributed by atoms with Gasteiger partial charge in [-0.2, -0.15) is 0 Å². The quantitative estimate of drug-likeness (QED) is 0.744. The Labute approximate surface area is 134 Å². The smallest absolute Gasteiger partial charge is 0.137 e. The van der Waals surface area contributed by atoms with Crippen LogP contribution in [0.3, 0.4) is 0 Å². The van der Waals surface area contributed by atoms with Crippen LogP contribution in [-0.2, 0) is 6.42 Å². The van der Waals surface area contributed by atoms with Gasteiger partial charge in [0.1, 0.15) is 16.8 Å². The standard InChI is InChI=1S/C17H28ClN3/c1-6-14-19-15(18)12(2)16(20-14)21-10-7-8-13(9-11-21)17(3,4)5/h13H,6-11H2,1-5H3. The van der Waals surface area contributed by atoms with E-state index in [0.29, 0.717) is 10.6 Å². The van der Waals surface area contributed by atoms with Crippen molar-refractivity contribution in [3.63, 3.8) is 0 Å². The molecule has 1 atom stereocenters. The summed E-state index contributed by atoms with van der Waals surface area (Å²) in [7, 11) is 0. The Morgan fingerprint density at radius 1 is 1.19 bits per heavy atom. The minimum Gasteiger partial charge on any atom is -0.356 e. The molecule has 1 fully saturated rings. The normalized spacial score (nSPS) is 20.5. The first-order valence-corrected chi connectivity index (χ1v) is 8.48. The van der Waals surface area contributed by atoms with Crippen molar-refractivity contribution < 1.29 is 0 Å². The summed E-state index contributed by atoms with van der Waals surface area (Å²) < 4.78 is 0. The molecule has 3 nitrogen and oxygen atoms in total. The molecule has 0 aliphatic carbocycles. The van der Waals surface area contributed by atoms with E-state index in [2.05, 4.69) is 37.6 Å². The summed E-state index contributed by atoms with van der Waals surface area (Å²) in [5.74, 6) is 2.67. The molecule has 1 aliphatic heterocycles. The summed E-state index contributed by atoms with van der Waals surface area (Å²) in [6.45, 7) is 13.3. The maximum Gasteiger partial charge on any atom is 0.137 e. The Morgan fingerprint density at radius 2 is 1.90 bits per heavy atom. The highest BCUT2D eigenvalue weighted by molar-refractivity contribution is 6.30. The molecule has 1 aromatic heterocycles. The molecule has 21 heavy (non-hydrogen) atoms. The van der Waals surface area contributed by atoms with Crippen LogP contribution >= 0.6 is 11.6 Å². The second-order valence-electron chi connectivity index (χ2n) is 7.21. The molecular weight excluding hydrogens is 282 g/mol. The average molecular weight is 310 g/mol. The summed E-state index contributed by atoms with van der Waals surface area (Å²) in [4.78, 5) is 11.5. The minimum absolute atomic E-state index is 0.392. The van der Waals surface area contributed by atoms with E-state index in [-0.39, 0.29) is 0 Å². The Balaban J connectivity index is 2.21. The summed E-state index contributed by atoms with van der Waals surface area (Å²) >= 11 is 6.28. The summed E-state index contributed by atoms with van der Waals surface area (Å²) in [5, 5.41) is 0.605. The minimum atomic E-state index is 0.392. The fraction of sp³-hybridized carbons (Fsp3) is 0.765. The lowest BCUT2D eigenvalue weighted by atomic mass is 9.77. The highest BCUT2D eigenvalue weighted by Crippen LogP contribution is 2.35. The van der Waals surface area contributed by atoms with Crippen molar-refractivity contribution in [3.05, 3.63) is 16.5 Å². The lowest BCUT2D eigenvalue weighted by molar-refractivity contribution is 0.220. The van der Waals surface area contributed by atoms with Crippen LogP contribution in [0.1, 0.15) is 58.3 Å². The number of halogens is 1. The average Bonchev–Trinajstić information content (AvgIpc) is 2.67. The van der Waals surface area contributed by atoms with Gasteiger partial charge in [-0.25, -0.2) is 9.97 Å². The topological polar surface area (TPSA) is 29.0 Å². The van der Waals surface area contributed by atoms with Crippen LogP contribution in [-0.4, -0.2) is 23.1 Å². The van der Waals surface area contributed by atoms with Gasteiger partial charge in [-0.1, -0.05) is 39.3 Å². The van der Waals surface area contributed by atoms with Crippen molar-refractivity contribution >= 4 is 17.4 Å². The van der Waals surface area contributed by atoms with E-state index in [4.69, 9.17) is 16.6 Å². The van der Waals surface area contributed by atoms with Crippen LogP contribution in [0.15, 0.2) is 0 Å². The van der Waals surface area contributed by atoms with Crippen molar-refractivity contribution in [1.29, 1.82) is 0 Å². The Bertz CT molecular complexity index is 494. The second kappa shape index (κ2) is 6.51.